The molecule has 0 bridgehead atoms. The minimum Gasteiger partial charge on any atom is -0.481 e. The fourth-order valence-corrected chi connectivity index (χ4v) is 1.25. The van der Waals surface area contributed by atoms with Crippen molar-refractivity contribution < 1.29 is 38.9 Å². The summed E-state index contributed by atoms with van der Waals surface area (Å²) in [5.74, 6) is -4.43. The second kappa shape index (κ2) is 5.99. The van der Waals surface area contributed by atoms with Gasteiger partial charge in [-0.1, -0.05) is 0 Å². The fourth-order valence-electron chi connectivity index (χ4n) is 1.25. The molecule has 0 aromatic rings. The number of rotatable bonds is 7. The summed E-state index contributed by atoms with van der Waals surface area (Å²) in [4.78, 5) is 42.2. The van der Waals surface area contributed by atoms with E-state index in [9.17, 15) is 19.2 Å². The van der Waals surface area contributed by atoms with Gasteiger partial charge in [0.15, 0.2) is 0 Å². The summed E-state index contributed by atoms with van der Waals surface area (Å²) in [5, 5.41) is 16.6. The Hall–Kier alpha value is -2.12. The number of ether oxygens (including phenoxy) is 2. The lowest BCUT2D eigenvalue weighted by Gasteiger charge is -2.03. The van der Waals surface area contributed by atoms with Gasteiger partial charge >= 0.3 is 23.9 Å². The highest BCUT2D eigenvalue weighted by Gasteiger charge is 2.42. The van der Waals surface area contributed by atoms with E-state index >= 15 is 0 Å². The molecule has 1 aliphatic rings. The first kappa shape index (κ1) is 13.9. The molecule has 1 aliphatic carbocycles. The van der Waals surface area contributed by atoms with Crippen molar-refractivity contribution in [3.05, 3.63) is 0 Å². The summed E-state index contributed by atoms with van der Waals surface area (Å²) in [6.45, 7) is -0.0306. The minimum absolute atomic E-state index is 0.0306. The molecule has 0 aromatic heterocycles. The molecule has 0 aromatic carbocycles. The second-order valence-electron chi connectivity index (χ2n) is 3.85. The number of aliphatic carboxylic acids is 2. The average Bonchev–Trinajstić information content (AvgIpc) is 2.90. The number of carboxylic acid groups (broad SMARTS) is 2. The van der Waals surface area contributed by atoms with Crippen LogP contribution in [0.3, 0.4) is 0 Å². The van der Waals surface area contributed by atoms with Gasteiger partial charge in [0.05, 0.1) is 6.61 Å². The lowest BCUT2D eigenvalue weighted by Crippen LogP contribution is -2.15. The molecule has 0 heterocycles. The lowest BCUT2D eigenvalue weighted by atomic mass is 10.4. The molecule has 100 valence electrons. The Morgan fingerprint density at radius 2 is 1.56 bits per heavy atom. The van der Waals surface area contributed by atoms with Crippen molar-refractivity contribution in [2.75, 3.05) is 6.61 Å². The van der Waals surface area contributed by atoms with Crippen LogP contribution in [0.2, 0.25) is 0 Å². The largest absolute Gasteiger partial charge is 0.481 e. The Morgan fingerprint density at radius 1 is 1.00 bits per heavy atom. The zero-order chi connectivity index (χ0) is 13.7. The number of esters is 2. The van der Waals surface area contributed by atoms with Gasteiger partial charge in [-0.15, -0.1) is 0 Å². The molecular formula is C10H12O8. The molecule has 1 saturated carbocycles. The lowest BCUT2D eigenvalue weighted by molar-refractivity contribution is -0.152. The summed E-state index contributed by atoms with van der Waals surface area (Å²) < 4.78 is 9.41. The molecule has 18 heavy (non-hydrogen) atoms. The molecule has 2 N–H and O–H groups in total. The van der Waals surface area contributed by atoms with Crippen molar-refractivity contribution in [3.8, 4) is 0 Å². The topological polar surface area (TPSA) is 127 Å². The van der Waals surface area contributed by atoms with Gasteiger partial charge in [-0.25, -0.2) is 0 Å². The van der Waals surface area contributed by atoms with Crippen LogP contribution in [0.25, 0.3) is 0 Å². The first-order chi connectivity index (χ1) is 8.38. The molecule has 1 fully saturated rings. The SMILES string of the molecule is O=C(O)CC(=O)OCC1CC1OC(=O)CC(=O)O. The highest BCUT2D eigenvalue weighted by atomic mass is 16.6. The van der Waals surface area contributed by atoms with Gasteiger partial charge in [0.2, 0.25) is 0 Å². The number of carbonyl (C=O) groups excluding carboxylic acids is 2. The van der Waals surface area contributed by atoms with Crippen molar-refractivity contribution in [3.63, 3.8) is 0 Å². The molecule has 0 amide bonds. The van der Waals surface area contributed by atoms with Crippen LogP contribution in [0.1, 0.15) is 19.3 Å². The first-order valence-corrected chi connectivity index (χ1v) is 5.17. The third kappa shape index (κ3) is 5.28. The molecule has 2 unspecified atom stereocenters. The predicted octanol–water partition coefficient (Wildman–Crippen LogP) is -0.589. The maximum atomic E-state index is 10.9. The molecule has 1 rings (SSSR count). The van der Waals surface area contributed by atoms with Gasteiger partial charge < -0.3 is 19.7 Å². The van der Waals surface area contributed by atoms with Crippen molar-refractivity contribution >= 4 is 23.9 Å². The Morgan fingerprint density at radius 3 is 2.11 bits per heavy atom. The van der Waals surface area contributed by atoms with Crippen LogP contribution in [-0.2, 0) is 28.7 Å². The summed E-state index contributed by atoms with van der Waals surface area (Å²) in [6, 6.07) is 0. The predicted molar refractivity (Wildman–Crippen MR) is 53.5 cm³/mol. The Kier molecular flexibility index (Phi) is 4.64. The Bertz CT molecular complexity index is 374. The number of hydrogen-bond acceptors (Lipinski definition) is 6. The van der Waals surface area contributed by atoms with Crippen molar-refractivity contribution in [2.45, 2.75) is 25.4 Å². The highest BCUT2D eigenvalue weighted by Crippen LogP contribution is 2.34. The fraction of sp³-hybridized carbons (Fsp3) is 0.600. The monoisotopic (exact) mass is 260 g/mol. The van der Waals surface area contributed by atoms with Gasteiger partial charge in [0.25, 0.3) is 0 Å². The maximum absolute atomic E-state index is 10.9. The molecule has 8 heteroatoms. The normalized spacial score (nSPS) is 20.9. The summed E-state index contributed by atoms with van der Waals surface area (Å²) in [7, 11) is 0. The highest BCUT2D eigenvalue weighted by molar-refractivity contribution is 5.90. The molecule has 0 radical (unpaired) electrons. The van der Waals surface area contributed by atoms with E-state index in [-0.39, 0.29) is 12.5 Å². The van der Waals surface area contributed by atoms with E-state index in [0.717, 1.165) is 0 Å². The van der Waals surface area contributed by atoms with E-state index < -0.39 is 42.8 Å². The van der Waals surface area contributed by atoms with E-state index in [1.165, 1.54) is 0 Å². The summed E-state index contributed by atoms with van der Waals surface area (Å²) in [6.07, 6.45) is -1.39. The van der Waals surface area contributed by atoms with Gasteiger partial charge in [-0.2, -0.15) is 0 Å². The van der Waals surface area contributed by atoms with E-state index in [0.29, 0.717) is 6.42 Å². The van der Waals surface area contributed by atoms with E-state index in [1.807, 2.05) is 0 Å². The molecule has 8 nitrogen and oxygen atoms in total. The quantitative estimate of drug-likeness (QED) is 0.459. The van der Waals surface area contributed by atoms with E-state index in [4.69, 9.17) is 14.9 Å². The smallest absolute Gasteiger partial charge is 0.317 e. The minimum atomic E-state index is -1.28. The van der Waals surface area contributed by atoms with Gasteiger partial charge in [-0.05, 0) is 6.42 Å². The third-order valence-electron chi connectivity index (χ3n) is 2.19. The second-order valence-corrected chi connectivity index (χ2v) is 3.85. The van der Waals surface area contributed by atoms with Crippen LogP contribution in [-0.4, -0.2) is 46.8 Å². The summed E-state index contributed by atoms with van der Waals surface area (Å²) >= 11 is 0. The molecular weight excluding hydrogens is 248 g/mol. The maximum Gasteiger partial charge on any atom is 0.317 e. The van der Waals surface area contributed by atoms with Crippen LogP contribution in [0.15, 0.2) is 0 Å². The zero-order valence-electron chi connectivity index (χ0n) is 9.33. The zero-order valence-corrected chi connectivity index (χ0v) is 9.33. The van der Waals surface area contributed by atoms with Crippen LogP contribution in [0, 0.1) is 5.92 Å². The Balaban J connectivity index is 2.14. The Labute approximate surface area is 101 Å². The van der Waals surface area contributed by atoms with Crippen LogP contribution in [0.4, 0.5) is 0 Å². The van der Waals surface area contributed by atoms with Crippen LogP contribution < -0.4 is 0 Å². The molecule has 2 atom stereocenters. The van der Waals surface area contributed by atoms with Gasteiger partial charge in [0.1, 0.15) is 18.9 Å². The average molecular weight is 260 g/mol. The van der Waals surface area contributed by atoms with E-state index in [2.05, 4.69) is 4.74 Å². The number of carbonyl (C=O) groups is 4. The van der Waals surface area contributed by atoms with Crippen molar-refractivity contribution in [1.82, 2.24) is 0 Å². The molecule has 0 spiro atoms. The van der Waals surface area contributed by atoms with Gasteiger partial charge in [0, 0.05) is 5.92 Å². The van der Waals surface area contributed by atoms with Crippen molar-refractivity contribution in [2.24, 2.45) is 5.92 Å². The molecule has 0 saturated heterocycles. The van der Waals surface area contributed by atoms with Crippen molar-refractivity contribution in [1.29, 1.82) is 0 Å². The standard InChI is InChI=1S/C10H12O8/c11-7(12)2-9(15)17-4-5-1-6(5)18-10(16)3-8(13)14/h5-6H,1-4H2,(H,11,12)(H,13,14). The summed E-state index contributed by atoms with van der Waals surface area (Å²) in [5.41, 5.74) is 0. The molecule has 0 aliphatic heterocycles. The van der Waals surface area contributed by atoms with E-state index in [1.54, 1.807) is 0 Å². The number of carboxylic acids is 2. The number of hydrogen-bond donors (Lipinski definition) is 2. The van der Waals surface area contributed by atoms with Gasteiger partial charge in [-0.3, -0.25) is 19.2 Å². The van der Waals surface area contributed by atoms with Crippen LogP contribution >= 0.6 is 0 Å². The van der Waals surface area contributed by atoms with Crippen LogP contribution in [0.5, 0.6) is 0 Å². The first-order valence-electron chi connectivity index (χ1n) is 5.17. The third-order valence-corrected chi connectivity index (χ3v) is 2.19.